The first-order valence-corrected chi connectivity index (χ1v) is 7.34. The fourth-order valence-corrected chi connectivity index (χ4v) is 1.79. The van der Waals surface area contributed by atoms with Gasteiger partial charge in [0.25, 0.3) is 5.69 Å². The Hall–Kier alpha value is -1.27. The van der Waals surface area contributed by atoms with Crippen molar-refractivity contribution < 1.29 is 9.13 Å². The lowest BCUT2D eigenvalue weighted by Gasteiger charge is -2.16. The molecule has 3 atom stereocenters. The first-order valence-electron chi connectivity index (χ1n) is 5.71. The Kier molecular flexibility index (Phi) is 5.43. The highest BCUT2D eigenvalue weighted by molar-refractivity contribution is 7.84. The molecule has 0 spiro atoms. The standard InChI is InChI=1S/C12H18N2O3S/c1-9(18(3)17)8-13-10(2)11-4-6-12(7-5-11)14(15)16/h4-7,9-10,13H,8H2,1-3H3/t9-,10+,18+/m1/s1. The third kappa shape index (κ3) is 4.19. The maximum absolute atomic E-state index is 11.2. The van der Waals surface area contributed by atoms with E-state index < -0.39 is 15.7 Å². The number of benzene rings is 1. The smallest absolute Gasteiger partial charge is 0.269 e. The Balaban J connectivity index is 2.59. The van der Waals surface area contributed by atoms with Crippen LogP contribution in [0.3, 0.4) is 0 Å². The van der Waals surface area contributed by atoms with Crippen LogP contribution >= 0.6 is 0 Å². The van der Waals surface area contributed by atoms with Crippen LogP contribution in [-0.2, 0) is 10.8 Å². The van der Waals surface area contributed by atoms with Crippen LogP contribution in [0, 0.1) is 10.1 Å². The number of nitrogens with zero attached hydrogens (tertiary/aromatic N) is 1. The van der Waals surface area contributed by atoms with Crippen LogP contribution in [0.25, 0.3) is 0 Å². The van der Waals surface area contributed by atoms with Gasteiger partial charge >= 0.3 is 0 Å². The molecule has 5 nitrogen and oxygen atoms in total. The van der Waals surface area contributed by atoms with Gasteiger partial charge in [0.05, 0.1) is 4.92 Å². The summed E-state index contributed by atoms with van der Waals surface area (Å²) in [5.41, 5.74) is 1.07. The van der Waals surface area contributed by atoms with Crippen molar-refractivity contribution in [1.82, 2.24) is 5.32 Å². The molecule has 0 fully saturated rings. The second kappa shape index (κ2) is 6.61. The molecule has 0 aliphatic rings. The third-order valence-corrected chi connectivity index (χ3v) is 4.18. The van der Waals surface area contributed by atoms with E-state index in [1.807, 2.05) is 13.8 Å². The van der Waals surface area contributed by atoms with Gasteiger partial charge in [0.15, 0.2) is 0 Å². The largest absolute Gasteiger partial charge is 0.309 e. The van der Waals surface area contributed by atoms with Crippen molar-refractivity contribution in [3.8, 4) is 0 Å². The van der Waals surface area contributed by atoms with Crippen molar-refractivity contribution in [3.05, 3.63) is 39.9 Å². The van der Waals surface area contributed by atoms with Gasteiger partial charge in [0.2, 0.25) is 0 Å². The number of rotatable bonds is 6. The lowest BCUT2D eigenvalue weighted by atomic mass is 10.1. The average Bonchev–Trinajstić information content (AvgIpc) is 2.35. The van der Waals surface area contributed by atoms with E-state index in [1.54, 1.807) is 18.4 Å². The molecule has 0 aliphatic heterocycles. The highest BCUT2D eigenvalue weighted by Gasteiger charge is 2.11. The Bertz CT molecular complexity index is 433. The van der Waals surface area contributed by atoms with Gasteiger partial charge in [-0.3, -0.25) is 14.3 Å². The Morgan fingerprint density at radius 3 is 2.33 bits per heavy atom. The molecular formula is C12H18N2O3S. The van der Waals surface area contributed by atoms with E-state index in [0.717, 1.165) is 5.56 Å². The first kappa shape index (κ1) is 14.8. The average molecular weight is 270 g/mol. The van der Waals surface area contributed by atoms with E-state index in [2.05, 4.69) is 5.32 Å². The van der Waals surface area contributed by atoms with Crippen LogP contribution in [-0.4, -0.2) is 27.2 Å². The molecule has 0 aromatic heterocycles. The van der Waals surface area contributed by atoms with Gasteiger partial charge in [-0.15, -0.1) is 0 Å². The quantitative estimate of drug-likeness (QED) is 0.634. The maximum atomic E-state index is 11.2. The molecule has 0 radical (unpaired) electrons. The van der Waals surface area contributed by atoms with E-state index >= 15 is 0 Å². The summed E-state index contributed by atoms with van der Waals surface area (Å²) in [5.74, 6) is 0. The molecule has 100 valence electrons. The topological polar surface area (TPSA) is 72.2 Å². The summed E-state index contributed by atoms with van der Waals surface area (Å²) in [6.45, 7) is 4.55. The minimum absolute atomic E-state index is 0.0804. The van der Waals surface area contributed by atoms with Crippen molar-refractivity contribution in [3.63, 3.8) is 0 Å². The zero-order valence-electron chi connectivity index (χ0n) is 10.8. The summed E-state index contributed by atoms with van der Waals surface area (Å²) < 4.78 is 11.2. The van der Waals surface area contributed by atoms with Crippen LogP contribution in [0.4, 0.5) is 5.69 Å². The minimum Gasteiger partial charge on any atom is -0.309 e. The summed E-state index contributed by atoms with van der Waals surface area (Å²) in [5, 5.41) is 13.9. The van der Waals surface area contributed by atoms with E-state index in [0.29, 0.717) is 6.54 Å². The van der Waals surface area contributed by atoms with Crippen LogP contribution in [0.2, 0.25) is 0 Å². The van der Waals surface area contributed by atoms with Gasteiger partial charge in [-0.05, 0) is 19.4 Å². The molecule has 18 heavy (non-hydrogen) atoms. The number of hydrogen-bond donors (Lipinski definition) is 1. The molecule has 1 N–H and O–H groups in total. The summed E-state index contributed by atoms with van der Waals surface area (Å²) in [4.78, 5) is 10.1. The van der Waals surface area contributed by atoms with Gasteiger partial charge in [0.1, 0.15) is 0 Å². The molecule has 0 saturated carbocycles. The monoisotopic (exact) mass is 270 g/mol. The number of nitrogens with one attached hydrogen (secondary N) is 1. The summed E-state index contributed by atoms with van der Waals surface area (Å²) in [6.07, 6.45) is 1.68. The van der Waals surface area contributed by atoms with Gasteiger partial charge in [-0.1, -0.05) is 12.1 Å². The van der Waals surface area contributed by atoms with Gasteiger partial charge in [-0.25, -0.2) is 0 Å². The zero-order valence-corrected chi connectivity index (χ0v) is 11.6. The SMILES string of the molecule is C[C@H](NC[C@@H](C)[S@](C)=O)c1ccc([N+](=O)[O-])cc1. The normalized spacial score (nSPS) is 15.9. The molecular weight excluding hydrogens is 252 g/mol. The van der Waals surface area contributed by atoms with Crippen molar-refractivity contribution in [2.24, 2.45) is 0 Å². The summed E-state index contributed by atoms with van der Waals surface area (Å²) >= 11 is 0. The molecule has 6 heteroatoms. The number of nitro benzene ring substituents is 1. The first-order chi connectivity index (χ1) is 8.41. The Morgan fingerprint density at radius 2 is 1.89 bits per heavy atom. The summed E-state index contributed by atoms with van der Waals surface area (Å²) in [6, 6.07) is 6.55. The molecule has 0 bridgehead atoms. The minimum atomic E-state index is -0.845. The van der Waals surface area contributed by atoms with E-state index in [-0.39, 0.29) is 17.0 Å². The molecule has 1 aromatic rings. The van der Waals surface area contributed by atoms with Crippen LogP contribution in [0.15, 0.2) is 24.3 Å². The maximum Gasteiger partial charge on any atom is 0.269 e. The van der Waals surface area contributed by atoms with Crippen molar-refractivity contribution in [2.45, 2.75) is 25.1 Å². The molecule has 1 aromatic carbocycles. The van der Waals surface area contributed by atoms with Crippen molar-refractivity contribution in [1.29, 1.82) is 0 Å². The fourth-order valence-electron chi connectivity index (χ4n) is 1.46. The predicted molar refractivity (Wildman–Crippen MR) is 73.0 cm³/mol. The van der Waals surface area contributed by atoms with E-state index in [4.69, 9.17) is 0 Å². The second-order valence-electron chi connectivity index (χ2n) is 4.29. The third-order valence-electron chi connectivity index (χ3n) is 2.88. The fraction of sp³-hybridized carbons (Fsp3) is 0.500. The summed E-state index contributed by atoms with van der Waals surface area (Å²) in [7, 11) is -0.845. The molecule has 0 saturated heterocycles. The van der Waals surface area contributed by atoms with Gasteiger partial charge < -0.3 is 5.32 Å². The zero-order chi connectivity index (χ0) is 13.7. The van der Waals surface area contributed by atoms with E-state index in [9.17, 15) is 14.3 Å². The molecule has 0 unspecified atom stereocenters. The molecule has 1 rings (SSSR count). The number of nitro groups is 1. The number of non-ortho nitro benzene ring substituents is 1. The molecule has 0 aliphatic carbocycles. The lowest BCUT2D eigenvalue weighted by Crippen LogP contribution is -2.29. The second-order valence-corrected chi connectivity index (χ2v) is 6.09. The van der Waals surface area contributed by atoms with Crippen molar-refractivity contribution in [2.75, 3.05) is 12.8 Å². The van der Waals surface area contributed by atoms with Crippen LogP contribution in [0.5, 0.6) is 0 Å². The highest BCUT2D eigenvalue weighted by atomic mass is 32.2. The van der Waals surface area contributed by atoms with Gasteiger partial charge in [0, 0.05) is 47.0 Å². The molecule has 0 heterocycles. The van der Waals surface area contributed by atoms with Crippen LogP contribution < -0.4 is 5.32 Å². The highest BCUT2D eigenvalue weighted by Crippen LogP contribution is 2.17. The predicted octanol–water partition coefficient (Wildman–Crippen LogP) is 2.01. The molecule has 0 amide bonds. The Labute approximate surface area is 109 Å². The lowest BCUT2D eigenvalue weighted by molar-refractivity contribution is -0.384. The van der Waals surface area contributed by atoms with Gasteiger partial charge in [-0.2, -0.15) is 0 Å². The Morgan fingerprint density at radius 1 is 1.33 bits per heavy atom. The van der Waals surface area contributed by atoms with E-state index in [1.165, 1.54) is 12.1 Å². The van der Waals surface area contributed by atoms with Crippen molar-refractivity contribution >= 4 is 16.5 Å². The number of hydrogen-bond acceptors (Lipinski definition) is 4. The van der Waals surface area contributed by atoms with Crippen LogP contribution in [0.1, 0.15) is 25.5 Å².